The van der Waals surface area contributed by atoms with Gasteiger partial charge in [0.1, 0.15) is 11.8 Å². The number of fused-ring (bicyclic) bond motifs is 1. The minimum Gasteiger partial charge on any atom is -0.480 e. The van der Waals surface area contributed by atoms with Crippen molar-refractivity contribution < 1.29 is 24.5 Å². The highest BCUT2D eigenvalue weighted by atomic mass is 35.5. The zero-order valence-electron chi connectivity index (χ0n) is 9.80. The first-order valence-corrected chi connectivity index (χ1v) is 5.98. The van der Waals surface area contributed by atoms with Gasteiger partial charge >= 0.3 is 5.97 Å². The summed E-state index contributed by atoms with van der Waals surface area (Å²) in [4.78, 5) is 22.5. The summed E-state index contributed by atoms with van der Waals surface area (Å²) in [7, 11) is 0. The van der Waals surface area contributed by atoms with Crippen LogP contribution in [-0.2, 0) is 16.0 Å². The van der Waals surface area contributed by atoms with Gasteiger partial charge in [-0.3, -0.25) is 4.79 Å². The van der Waals surface area contributed by atoms with E-state index < -0.39 is 30.6 Å². The van der Waals surface area contributed by atoms with Crippen LogP contribution in [-0.4, -0.2) is 40.8 Å². The van der Waals surface area contributed by atoms with Crippen LogP contribution in [0, 0.1) is 0 Å². The van der Waals surface area contributed by atoms with Crippen LogP contribution in [0.1, 0.15) is 5.56 Å². The quantitative estimate of drug-likeness (QED) is 0.735. The molecule has 1 amide bonds. The summed E-state index contributed by atoms with van der Waals surface area (Å²) in [6, 6.07) is 3.67. The molecule has 19 heavy (non-hydrogen) atoms. The van der Waals surface area contributed by atoms with Gasteiger partial charge in [0.15, 0.2) is 6.10 Å². The molecular weight excluding hydrogens is 274 g/mol. The minimum atomic E-state index is -1.33. The highest BCUT2D eigenvalue weighted by Crippen LogP contribution is 2.31. The number of hydrogen-bond donors (Lipinski definition) is 3. The summed E-state index contributed by atoms with van der Waals surface area (Å²) in [5.74, 6) is -1.32. The van der Waals surface area contributed by atoms with Gasteiger partial charge in [-0.1, -0.05) is 11.6 Å². The zero-order chi connectivity index (χ0) is 14.0. The highest BCUT2D eigenvalue weighted by molar-refractivity contribution is 6.30. The topological polar surface area (TPSA) is 95.9 Å². The van der Waals surface area contributed by atoms with Crippen molar-refractivity contribution in [2.24, 2.45) is 0 Å². The summed E-state index contributed by atoms with van der Waals surface area (Å²) in [6.45, 7) is -0.674. The fourth-order valence-electron chi connectivity index (χ4n) is 1.81. The van der Waals surface area contributed by atoms with Crippen LogP contribution in [0.15, 0.2) is 18.2 Å². The monoisotopic (exact) mass is 285 g/mol. The first-order chi connectivity index (χ1) is 9.01. The van der Waals surface area contributed by atoms with Gasteiger partial charge < -0.3 is 20.3 Å². The summed E-state index contributed by atoms with van der Waals surface area (Å²) in [6.07, 6.45) is -0.485. The van der Waals surface area contributed by atoms with E-state index in [4.69, 9.17) is 26.6 Å². The van der Waals surface area contributed by atoms with E-state index in [1.807, 2.05) is 0 Å². The number of carboxylic acids is 1. The maximum atomic E-state index is 11.8. The molecule has 1 aliphatic rings. The second kappa shape index (κ2) is 5.46. The molecule has 2 unspecified atom stereocenters. The lowest BCUT2D eigenvalue weighted by molar-refractivity contribution is -0.144. The van der Waals surface area contributed by atoms with Crippen LogP contribution < -0.4 is 10.1 Å². The molecule has 1 aliphatic heterocycles. The Morgan fingerprint density at radius 2 is 2.26 bits per heavy atom. The fourth-order valence-corrected chi connectivity index (χ4v) is 2.01. The van der Waals surface area contributed by atoms with Crippen molar-refractivity contribution in [2.75, 3.05) is 6.61 Å². The molecule has 2 atom stereocenters. The summed E-state index contributed by atoms with van der Waals surface area (Å²) >= 11 is 5.83. The van der Waals surface area contributed by atoms with E-state index in [1.165, 1.54) is 0 Å². The summed E-state index contributed by atoms with van der Waals surface area (Å²) in [5, 5.41) is 20.3. The average molecular weight is 286 g/mol. The number of ether oxygens (including phenoxy) is 1. The van der Waals surface area contributed by atoms with Crippen LogP contribution in [0.4, 0.5) is 0 Å². The standard InChI is InChI=1S/C12H12ClNO5/c13-7-1-2-9-6(3-7)4-10(19-9)11(16)14-8(5-15)12(17)18/h1-3,8,10,15H,4-5H2,(H,14,16)(H,17,18). The number of benzene rings is 1. The van der Waals surface area contributed by atoms with Crippen LogP contribution >= 0.6 is 11.6 Å². The second-order valence-electron chi connectivity index (χ2n) is 4.14. The number of carbonyl (C=O) groups excluding carboxylic acids is 1. The Bertz CT molecular complexity index is 519. The maximum Gasteiger partial charge on any atom is 0.328 e. The van der Waals surface area contributed by atoms with Gasteiger partial charge in [-0.25, -0.2) is 4.79 Å². The normalized spacial score (nSPS) is 18.3. The van der Waals surface area contributed by atoms with Gasteiger partial charge in [-0.2, -0.15) is 0 Å². The van der Waals surface area contributed by atoms with Crippen LogP contribution in [0.25, 0.3) is 0 Å². The van der Waals surface area contributed by atoms with E-state index in [9.17, 15) is 9.59 Å². The molecule has 2 rings (SSSR count). The number of aliphatic hydroxyl groups excluding tert-OH is 1. The molecule has 1 aromatic rings. The van der Waals surface area contributed by atoms with Gasteiger partial charge in [0, 0.05) is 11.4 Å². The van der Waals surface area contributed by atoms with E-state index in [0.717, 1.165) is 5.56 Å². The third-order valence-corrected chi connectivity index (χ3v) is 3.02. The van der Waals surface area contributed by atoms with Gasteiger partial charge in [0.05, 0.1) is 6.61 Å². The van der Waals surface area contributed by atoms with Crippen LogP contribution in [0.5, 0.6) is 5.75 Å². The van der Waals surface area contributed by atoms with Crippen molar-refractivity contribution in [1.82, 2.24) is 5.32 Å². The molecule has 0 radical (unpaired) electrons. The summed E-state index contributed by atoms with van der Waals surface area (Å²) in [5.41, 5.74) is 0.795. The lowest BCUT2D eigenvalue weighted by Crippen LogP contribution is -2.48. The number of carbonyl (C=O) groups is 2. The number of aliphatic carboxylic acids is 1. The van der Waals surface area contributed by atoms with Gasteiger partial charge in [-0.15, -0.1) is 0 Å². The molecule has 0 saturated carbocycles. The van der Waals surface area contributed by atoms with E-state index in [2.05, 4.69) is 5.32 Å². The van der Waals surface area contributed by atoms with Gasteiger partial charge in [0.25, 0.3) is 5.91 Å². The molecule has 1 heterocycles. The van der Waals surface area contributed by atoms with Gasteiger partial charge in [-0.05, 0) is 23.8 Å². The van der Waals surface area contributed by atoms with E-state index in [0.29, 0.717) is 17.2 Å². The van der Waals surface area contributed by atoms with E-state index in [-0.39, 0.29) is 0 Å². The molecule has 0 aliphatic carbocycles. The predicted molar refractivity (Wildman–Crippen MR) is 66.2 cm³/mol. The molecule has 6 nitrogen and oxygen atoms in total. The Balaban J connectivity index is 2.02. The van der Waals surface area contributed by atoms with E-state index in [1.54, 1.807) is 18.2 Å². The first-order valence-electron chi connectivity index (χ1n) is 5.60. The Morgan fingerprint density at radius 1 is 1.53 bits per heavy atom. The molecule has 0 saturated heterocycles. The van der Waals surface area contributed by atoms with Crippen molar-refractivity contribution in [3.63, 3.8) is 0 Å². The average Bonchev–Trinajstić information content (AvgIpc) is 2.78. The Kier molecular flexibility index (Phi) is 3.92. The van der Waals surface area contributed by atoms with E-state index >= 15 is 0 Å². The molecule has 0 spiro atoms. The predicted octanol–water partition coefficient (Wildman–Crippen LogP) is 0.205. The molecule has 0 bridgehead atoms. The number of amides is 1. The molecule has 0 aromatic heterocycles. The Morgan fingerprint density at radius 3 is 2.89 bits per heavy atom. The largest absolute Gasteiger partial charge is 0.480 e. The number of halogens is 1. The zero-order valence-corrected chi connectivity index (χ0v) is 10.6. The second-order valence-corrected chi connectivity index (χ2v) is 4.58. The number of carboxylic acid groups (broad SMARTS) is 1. The maximum absolute atomic E-state index is 11.8. The van der Waals surface area contributed by atoms with Crippen LogP contribution in [0.3, 0.4) is 0 Å². The lowest BCUT2D eigenvalue weighted by Gasteiger charge is -2.15. The highest BCUT2D eigenvalue weighted by Gasteiger charge is 2.31. The molecular formula is C12H12ClNO5. The number of hydrogen-bond acceptors (Lipinski definition) is 4. The molecule has 1 aromatic carbocycles. The Hall–Kier alpha value is -1.79. The molecule has 3 N–H and O–H groups in total. The molecule has 0 fully saturated rings. The third-order valence-electron chi connectivity index (χ3n) is 2.79. The molecule has 102 valence electrons. The van der Waals surface area contributed by atoms with Crippen molar-refractivity contribution >= 4 is 23.5 Å². The number of rotatable bonds is 4. The van der Waals surface area contributed by atoms with Crippen molar-refractivity contribution in [3.8, 4) is 5.75 Å². The van der Waals surface area contributed by atoms with Gasteiger partial charge in [0.2, 0.25) is 0 Å². The number of nitrogens with one attached hydrogen (secondary N) is 1. The Labute approximate surface area is 113 Å². The van der Waals surface area contributed by atoms with Crippen molar-refractivity contribution in [2.45, 2.75) is 18.6 Å². The minimum absolute atomic E-state index is 0.319. The smallest absolute Gasteiger partial charge is 0.328 e. The third kappa shape index (κ3) is 2.97. The van der Waals surface area contributed by atoms with Crippen molar-refractivity contribution in [3.05, 3.63) is 28.8 Å². The van der Waals surface area contributed by atoms with Crippen LogP contribution in [0.2, 0.25) is 5.02 Å². The fraction of sp³-hybridized carbons (Fsp3) is 0.333. The molecule has 7 heteroatoms. The summed E-state index contributed by atoms with van der Waals surface area (Å²) < 4.78 is 5.40. The lowest BCUT2D eigenvalue weighted by atomic mass is 10.1. The SMILES string of the molecule is O=C(O)C(CO)NC(=O)C1Cc2cc(Cl)ccc2O1. The number of aliphatic hydroxyl groups is 1. The van der Waals surface area contributed by atoms with Crippen molar-refractivity contribution in [1.29, 1.82) is 0 Å². The first kappa shape index (κ1) is 13.6.